The molecule has 212 valence electrons. The highest BCUT2D eigenvalue weighted by Crippen LogP contribution is 2.30. The summed E-state index contributed by atoms with van der Waals surface area (Å²) in [6.45, 7) is 4.67. The molecule has 0 aliphatic carbocycles. The molecule has 1 aromatic carbocycles. The Morgan fingerprint density at radius 2 is 1.72 bits per heavy atom. The summed E-state index contributed by atoms with van der Waals surface area (Å²) < 4.78 is 43.4. The molecule has 39 heavy (non-hydrogen) atoms. The molecular weight excluding hydrogens is 505 g/mol. The van der Waals surface area contributed by atoms with Crippen LogP contribution in [0.5, 0.6) is 0 Å². The second kappa shape index (κ2) is 14.7. The van der Waals surface area contributed by atoms with Gasteiger partial charge in [0, 0.05) is 63.4 Å². The molecule has 0 bridgehead atoms. The van der Waals surface area contributed by atoms with E-state index in [0.29, 0.717) is 43.4 Å². The predicted octanol–water partition coefficient (Wildman–Crippen LogP) is 6.52. The van der Waals surface area contributed by atoms with Gasteiger partial charge in [0.05, 0.1) is 5.56 Å². The molecule has 0 unspecified atom stereocenters. The van der Waals surface area contributed by atoms with Crippen LogP contribution in [0.2, 0.25) is 0 Å². The molecule has 0 atom stereocenters. The zero-order chi connectivity index (χ0) is 28.3. The van der Waals surface area contributed by atoms with E-state index in [1.807, 2.05) is 17.0 Å². The lowest BCUT2D eigenvalue weighted by molar-refractivity contribution is -0.137. The molecule has 3 aromatic rings. The van der Waals surface area contributed by atoms with E-state index in [4.69, 9.17) is 10.5 Å². The molecule has 0 radical (unpaired) electrons. The topological polar surface area (TPSA) is 73.4 Å². The number of benzene rings is 1. The van der Waals surface area contributed by atoms with Crippen LogP contribution < -0.4 is 5.73 Å². The average molecular weight is 545 g/mol. The minimum atomic E-state index is -4.25. The number of carbonyl (C=O) groups excluding carboxylic acids is 1. The van der Waals surface area contributed by atoms with Crippen molar-refractivity contribution >= 4 is 11.7 Å². The summed E-state index contributed by atoms with van der Waals surface area (Å²) in [6, 6.07) is 13.4. The summed E-state index contributed by atoms with van der Waals surface area (Å²) in [5, 5.41) is 0. The number of rotatable bonds is 9. The molecule has 1 aliphatic heterocycles. The van der Waals surface area contributed by atoms with Crippen LogP contribution in [0.4, 0.5) is 19.0 Å². The van der Waals surface area contributed by atoms with E-state index < -0.39 is 11.7 Å². The SMILES string of the molecule is COCCCn1cc(C(F)(F)F)cc1C.Nc1ccc(-c2ccc(CCCC(=O)N3CCCCC3)cc2)cn1. The number of amides is 1. The van der Waals surface area contributed by atoms with Crippen molar-refractivity contribution in [2.45, 2.75) is 64.6 Å². The highest BCUT2D eigenvalue weighted by molar-refractivity contribution is 5.76. The third-order valence-corrected chi connectivity index (χ3v) is 6.83. The number of aromatic nitrogens is 2. The van der Waals surface area contributed by atoms with Gasteiger partial charge >= 0.3 is 6.18 Å². The number of pyridine rings is 1. The summed E-state index contributed by atoms with van der Waals surface area (Å²) in [5.41, 5.74) is 9.13. The van der Waals surface area contributed by atoms with Crippen molar-refractivity contribution in [3.05, 3.63) is 71.7 Å². The summed E-state index contributed by atoms with van der Waals surface area (Å²) >= 11 is 0. The summed E-state index contributed by atoms with van der Waals surface area (Å²) in [5.74, 6) is 0.855. The molecule has 2 aromatic heterocycles. The summed E-state index contributed by atoms with van der Waals surface area (Å²) in [4.78, 5) is 18.3. The molecule has 9 heteroatoms. The number of carbonyl (C=O) groups is 1. The van der Waals surface area contributed by atoms with Gasteiger partial charge in [0.15, 0.2) is 0 Å². The first kappa shape index (κ1) is 30.2. The van der Waals surface area contributed by atoms with E-state index >= 15 is 0 Å². The molecule has 0 saturated carbocycles. The lowest BCUT2D eigenvalue weighted by Gasteiger charge is -2.26. The van der Waals surface area contributed by atoms with Crippen molar-refractivity contribution < 1.29 is 22.7 Å². The number of hydrogen-bond donors (Lipinski definition) is 1. The standard InChI is InChI=1S/C20H25N3O.C10H14F3NO/c21-19-12-11-18(15-22-19)17-9-7-16(8-10-17)5-4-6-20(24)23-13-2-1-3-14-23;1-8-6-9(10(11,12)13)7-14(8)4-3-5-15-2/h7-12,15H,1-6,13-14H2,(H2,21,22);6-7H,3-5H2,1-2H3. The maximum absolute atomic E-state index is 12.3. The Balaban J connectivity index is 0.000000242. The summed E-state index contributed by atoms with van der Waals surface area (Å²) in [7, 11) is 1.57. The number of hydrogen-bond acceptors (Lipinski definition) is 4. The van der Waals surface area contributed by atoms with Gasteiger partial charge in [-0.1, -0.05) is 24.3 Å². The zero-order valence-corrected chi connectivity index (χ0v) is 22.8. The minimum absolute atomic E-state index is 0.319. The Morgan fingerprint density at radius 3 is 2.31 bits per heavy atom. The number of halogens is 3. The average Bonchev–Trinajstić information content (AvgIpc) is 3.31. The Morgan fingerprint density at radius 1 is 1.03 bits per heavy atom. The largest absolute Gasteiger partial charge is 0.417 e. The molecule has 1 fully saturated rings. The van der Waals surface area contributed by atoms with E-state index in [1.54, 1.807) is 24.8 Å². The van der Waals surface area contributed by atoms with Crippen LogP contribution in [0.25, 0.3) is 11.1 Å². The zero-order valence-electron chi connectivity index (χ0n) is 22.8. The van der Waals surface area contributed by atoms with Crippen molar-refractivity contribution in [3.63, 3.8) is 0 Å². The van der Waals surface area contributed by atoms with Gasteiger partial charge < -0.3 is 19.9 Å². The maximum atomic E-state index is 12.3. The lowest BCUT2D eigenvalue weighted by Crippen LogP contribution is -2.35. The predicted molar refractivity (Wildman–Crippen MR) is 148 cm³/mol. The van der Waals surface area contributed by atoms with Gasteiger partial charge in [-0.05, 0) is 74.8 Å². The van der Waals surface area contributed by atoms with Gasteiger partial charge in [0.2, 0.25) is 5.91 Å². The Bertz CT molecular complexity index is 1150. The lowest BCUT2D eigenvalue weighted by atomic mass is 10.0. The van der Waals surface area contributed by atoms with Crippen molar-refractivity contribution in [1.29, 1.82) is 0 Å². The fourth-order valence-corrected chi connectivity index (χ4v) is 4.58. The second-order valence-corrected chi connectivity index (χ2v) is 9.87. The summed E-state index contributed by atoms with van der Waals surface area (Å²) in [6.07, 6.45) is 5.49. The molecule has 1 amide bonds. The van der Waals surface area contributed by atoms with E-state index in [0.717, 1.165) is 62.2 Å². The van der Waals surface area contributed by atoms with Crippen molar-refractivity contribution in [3.8, 4) is 11.1 Å². The van der Waals surface area contributed by atoms with E-state index in [1.165, 1.54) is 12.0 Å². The van der Waals surface area contributed by atoms with Crippen LogP contribution in [0.15, 0.2) is 54.9 Å². The van der Waals surface area contributed by atoms with Gasteiger partial charge in [0.1, 0.15) is 5.82 Å². The monoisotopic (exact) mass is 544 g/mol. The number of anilines is 1. The fraction of sp³-hybridized carbons (Fsp3) is 0.467. The number of alkyl halides is 3. The first-order chi connectivity index (χ1) is 18.7. The first-order valence-electron chi connectivity index (χ1n) is 13.5. The highest BCUT2D eigenvalue weighted by atomic mass is 19.4. The molecule has 0 spiro atoms. The molecule has 1 aliphatic rings. The Kier molecular flexibility index (Phi) is 11.4. The van der Waals surface area contributed by atoms with Crippen LogP contribution in [-0.4, -0.2) is 47.2 Å². The number of nitrogens with two attached hydrogens (primary N) is 1. The minimum Gasteiger partial charge on any atom is -0.385 e. The van der Waals surface area contributed by atoms with Crippen LogP contribution in [-0.2, 0) is 28.7 Å². The van der Waals surface area contributed by atoms with E-state index in [9.17, 15) is 18.0 Å². The van der Waals surface area contributed by atoms with Crippen molar-refractivity contribution in [1.82, 2.24) is 14.5 Å². The molecular formula is C30H39F3N4O2. The molecule has 4 rings (SSSR count). The van der Waals surface area contributed by atoms with E-state index in [2.05, 4.69) is 29.2 Å². The number of nitrogens with zero attached hydrogens (tertiary/aromatic N) is 3. The van der Waals surface area contributed by atoms with Crippen molar-refractivity contribution in [2.75, 3.05) is 32.5 Å². The van der Waals surface area contributed by atoms with Crippen LogP contribution in [0.1, 0.15) is 55.3 Å². The number of nitrogen functional groups attached to an aromatic ring is 1. The number of ether oxygens (including phenoxy) is 1. The quantitative estimate of drug-likeness (QED) is 0.312. The number of methoxy groups -OCH3 is 1. The fourth-order valence-electron chi connectivity index (χ4n) is 4.58. The molecule has 1 saturated heterocycles. The second-order valence-electron chi connectivity index (χ2n) is 9.87. The van der Waals surface area contributed by atoms with Gasteiger partial charge in [0.25, 0.3) is 0 Å². The van der Waals surface area contributed by atoms with Gasteiger partial charge in [-0.3, -0.25) is 4.79 Å². The van der Waals surface area contributed by atoms with E-state index in [-0.39, 0.29) is 0 Å². The smallest absolute Gasteiger partial charge is 0.385 e. The third kappa shape index (κ3) is 9.73. The first-order valence-corrected chi connectivity index (χ1v) is 13.5. The van der Waals surface area contributed by atoms with Crippen LogP contribution >= 0.6 is 0 Å². The molecule has 2 N–H and O–H groups in total. The number of likely N-dealkylation sites (tertiary alicyclic amines) is 1. The maximum Gasteiger partial charge on any atom is 0.417 e. The van der Waals surface area contributed by atoms with Crippen molar-refractivity contribution in [2.24, 2.45) is 0 Å². The van der Waals surface area contributed by atoms with Crippen LogP contribution in [0, 0.1) is 6.92 Å². The highest BCUT2D eigenvalue weighted by Gasteiger charge is 2.32. The van der Waals surface area contributed by atoms with Crippen LogP contribution in [0.3, 0.4) is 0 Å². The van der Waals surface area contributed by atoms with Gasteiger partial charge in [-0.25, -0.2) is 4.98 Å². The molecule has 6 nitrogen and oxygen atoms in total. The van der Waals surface area contributed by atoms with Gasteiger partial charge in [-0.2, -0.15) is 13.2 Å². The number of piperidine rings is 1. The van der Waals surface area contributed by atoms with Gasteiger partial charge in [-0.15, -0.1) is 0 Å². The normalized spacial score (nSPS) is 13.6. The third-order valence-electron chi connectivity index (χ3n) is 6.83. The Hall–Kier alpha value is -3.33. The molecule has 3 heterocycles. The Labute approximate surface area is 229 Å². The number of aryl methyl sites for hydroxylation is 3.